The molecule has 0 bridgehead atoms. The highest BCUT2D eigenvalue weighted by molar-refractivity contribution is 7.90. The summed E-state index contributed by atoms with van der Waals surface area (Å²) in [6.45, 7) is 2.28. The van der Waals surface area contributed by atoms with Gasteiger partial charge in [0.2, 0.25) is 15.0 Å². The SMILES string of the molecule is CN1CCCn2c(nnc2S(C)(=O)=O)C1. The number of nitrogens with zero attached hydrogens (tertiary/aromatic N) is 4. The third-order valence-electron chi connectivity index (χ3n) is 2.46. The molecule has 1 aliphatic rings. The van der Waals surface area contributed by atoms with Crippen molar-refractivity contribution in [2.24, 2.45) is 0 Å². The first kappa shape index (κ1) is 10.6. The summed E-state index contributed by atoms with van der Waals surface area (Å²) >= 11 is 0. The monoisotopic (exact) mass is 230 g/mol. The van der Waals surface area contributed by atoms with Crippen molar-refractivity contribution in [3.63, 3.8) is 0 Å². The second-order valence-electron chi connectivity index (χ2n) is 3.91. The fourth-order valence-corrected chi connectivity index (χ4v) is 2.54. The molecule has 1 aromatic rings. The molecule has 0 atom stereocenters. The van der Waals surface area contributed by atoms with Crippen LogP contribution in [0.15, 0.2) is 5.16 Å². The summed E-state index contributed by atoms with van der Waals surface area (Å²) < 4.78 is 24.6. The van der Waals surface area contributed by atoms with E-state index in [9.17, 15) is 8.42 Å². The lowest BCUT2D eigenvalue weighted by molar-refractivity contribution is 0.328. The number of fused-ring (bicyclic) bond motifs is 1. The highest BCUT2D eigenvalue weighted by atomic mass is 32.2. The number of hydrogen-bond acceptors (Lipinski definition) is 5. The Kier molecular flexibility index (Phi) is 2.51. The van der Waals surface area contributed by atoms with Crippen molar-refractivity contribution in [3.05, 3.63) is 5.82 Å². The molecule has 1 aliphatic heterocycles. The number of aromatic nitrogens is 3. The van der Waals surface area contributed by atoms with Crippen LogP contribution in [0.3, 0.4) is 0 Å². The minimum absolute atomic E-state index is 0.0906. The molecule has 1 aromatic heterocycles. The molecule has 15 heavy (non-hydrogen) atoms. The highest BCUT2D eigenvalue weighted by Crippen LogP contribution is 2.14. The predicted octanol–water partition coefficient (Wildman–Crippen LogP) is -0.483. The van der Waals surface area contributed by atoms with E-state index in [2.05, 4.69) is 15.1 Å². The molecule has 84 valence electrons. The normalized spacial score (nSPS) is 18.5. The topological polar surface area (TPSA) is 68.1 Å². The molecule has 0 N–H and O–H groups in total. The van der Waals surface area contributed by atoms with Crippen molar-refractivity contribution in [2.45, 2.75) is 24.7 Å². The highest BCUT2D eigenvalue weighted by Gasteiger charge is 2.22. The Labute approximate surface area is 88.8 Å². The average Bonchev–Trinajstić information content (AvgIpc) is 2.40. The molecule has 0 saturated carbocycles. The van der Waals surface area contributed by atoms with E-state index < -0.39 is 9.84 Å². The largest absolute Gasteiger partial charge is 0.301 e. The first-order valence-electron chi connectivity index (χ1n) is 4.79. The first-order chi connectivity index (χ1) is 6.98. The van der Waals surface area contributed by atoms with Crippen molar-refractivity contribution in [1.29, 1.82) is 0 Å². The Hall–Kier alpha value is -0.950. The lowest BCUT2D eigenvalue weighted by Crippen LogP contribution is -2.17. The molecule has 0 fully saturated rings. The van der Waals surface area contributed by atoms with Gasteiger partial charge in [-0.15, -0.1) is 10.2 Å². The van der Waals surface area contributed by atoms with Gasteiger partial charge < -0.3 is 4.57 Å². The van der Waals surface area contributed by atoms with Crippen LogP contribution in [0, 0.1) is 0 Å². The van der Waals surface area contributed by atoms with Crippen LogP contribution in [0.1, 0.15) is 12.2 Å². The van der Waals surface area contributed by atoms with Gasteiger partial charge in [-0.2, -0.15) is 0 Å². The van der Waals surface area contributed by atoms with Crippen LogP contribution in [0.25, 0.3) is 0 Å². The molecule has 0 unspecified atom stereocenters. The summed E-state index contributed by atoms with van der Waals surface area (Å²) in [5.41, 5.74) is 0. The molecule has 0 saturated heterocycles. The summed E-state index contributed by atoms with van der Waals surface area (Å²) in [5.74, 6) is 0.732. The van der Waals surface area contributed by atoms with Gasteiger partial charge in [-0.25, -0.2) is 8.42 Å². The standard InChI is InChI=1S/C8H14N4O2S/c1-11-4-3-5-12-7(6-11)9-10-8(12)15(2,13)14/h3-6H2,1-2H3. The van der Waals surface area contributed by atoms with Gasteiger partial charge in [0.25, 0.3) is 0 Å². The maximum absolute atomic E-state index is 11.4. The molecule has 0 aliphatic carbocycles. The first-order valence-corrected chi connectivity index (χ1v) is 6.68. The summed E-state index contributed by atoms with van der Waals surface area (Å²) in [4.78, 5) is 2.11. The fourth-order valence-electron chi connectivity index (χ4n) is 1.75. The molecule has 0 radical (unpaired) electrons. The molecule has 2 rings (SSSR count). The lowest BCUT2D eigenvalue weighted by Gasteiger charge is -2.09. The van der Waals surface area contributed by atoms with Gasteiger partial charge >= 0.3 is 0 Å². The number of rotatable bonds is 1. The van der Waals surface area contributed by atoms with Gasteiger partial charge in [-0.05, 0) is 13.5 Å². The zero-order chi connectivity index (χ0) is 11.1. The minimum Gasteiger partial charge on any atom is -0.301 e. The van der Waals surface area contributed by atoms with E-state index in [4.69, 9.17) is 0 Å². The molecule has 6 nitrogen and oxygen atoms in total. The van der Waals surface area contributed by atoms with Crippen LogP contribution < -0.4 is 0 Å². The zero-order valence-electron chi connectivity index (χ0n) is 8.84. The third kappa shape index (κ3) is 2.03. The van der Waals surface area contributed by atoms with Gasteiger partial charge in [0.1, 0.15) is 5.82 Å². The van der Waals surface area contributed by atoms with E-state index in [1.54, 1.807) is 4.57 Å². The summed E-state index contributed by atoms with van der Waals surface area (Å²) in [7, 11) is -1.27. The molecule has 2 heterocycles. The van der Waals surface area contributed by atoms with Gasteiger partial charge in [-0.3, -0.25) is 4.90 Å². The van der Waals surface area contributed by atoms with Crippen molar-refractivity contribution in [2.75, 3.05) is 19.8 Å². The third-order valence-corrected chi connectivity index (χ3v) is 3.42. The molecule has 0 spiro atoms. The Morgan fingerprint density at radius 2 is 2.00 bits per heavy atom. The summed E-state index contributed by atoms with van der Waals surface area (Å²) in [6, 6.07) is 0. The van der Waals surface area contributed by atoms with Gasteiger partial charge in [0.05, 0.1) is 6.54 Å². The molecule has 0 amide bonds. The second kappa shape index (κ2) is 3.57. The summed E-state index contributed by atoms with van der Waals surface area (Å²) in [5, 5.41) is 7.76. The van der Waals surface area contributed by atoms with E-state index in [0.29, 0.717) is 13.1 Å². The zero-order valence-corrected chi connectivity index (χ0v) is 9.66. The average molecular weight is 230 g/mol. The smallest absolute Gasteiger partial charge is 0.249 e. The minimum atomic E-state index is -3.26. The quantitative estimate of drug-likeness (QED) is 0.651. The molecular weight excluding hydrogens is 216 g/mol. The van der Waals surface area contributed by atoms with E-state index >= 15 is 0 Å². The fraction of sp³-hybridized carbons (Fsp3) is 0.750. The van der Waals surface area contributed by atoms with Crippen LogP contribution in [0.5, 0.6) is 0 Å². The Morgan fingerprint density at radius 3 is 2.67 bits per heavy atom. The van der Waals surface area contributed by atoms with E-state index in [-0.39, 0.29) is 5.16 Å². The number of hydrogen-bond donors (Lipinski definition) is 0. The molecular formula is C8H14N4O2S. The van der Waals surface area contributed by atoms with Crippen molar-refractivity contribution >= 4 is 9.84 Å². The maximum atomic E-state index is 11.4. The van der Waals surface area contributed by atoms with Crippen molar-refractivity contribution < 1.29 is 8.42 Å². The maximum Gasteiger partial charge on any atom is 0.249 e. The van der Waals surface area contributed by atoms with Crippen LogP contribution in [-0.2, 0) is 22.9 Å². The van der Waals surface area contributed by atoms with Crippen LogP contribution in [0.4, 0.5) is 0 Å². The van der Waals surface area contributed by atoms with Gasteiger partial charge in [0.15, 0.2) is 0 Å². The van der Waals surface area contributed by atoms with E-state index in [1.807, 2.05) is 7.05 Å². The lowest BCUT2D eigenvalue weighted by atomic mass is 10.4. The summed E-state index contributed by atoms with van der Waals surface area (Å²) in [6.07, 6.45) is 2.09. The van der Waals surface area contributed by atoms with E-state index in [0.717, 1.165) is 18.8 Å². The van der Waals surface area contributed by atoms with Crippen LogP contribution in [0.2, 0.25) is 0 Å². The molecule has 0 aromatic carbocycles. The van der Waals surface area contributed by atoms with Crippen molar-refractivity contribution in [1.82, 2.24) is 19.7 Å². The van der Waals surface area contributed by atoms with Crippen LogP contribution in [-0.4, -0.2) is 47.9 Å². The molecule has 7 heteroatoms. The Morgan fingerprint density at radius 1 is 1.27 bits per heavy atom. The number of sulfone groups is 1. The Balaban J connectivity index is 2.47. The van der Waals surface area contributed by atoms with E-state index in [1.165, 1.54) is 6.26 Å². The Bertz CT molecular complexity index is 465. The van der Waals surface area contributed by atoms with Gasteiger partial charge in [0, 0.05) is 19.3 Å². The van der Waals surface area contributed by atoms with Crippen molar-refractivity contribution in [3.8, 4) is 0 Å². The predicted molar refractivity (Wildman–Crippen MR) is 54.1 cm³/mol. The second-order valence-corrected chi connectivity index (χ2v) is 5.82. The van der Waals surface area contributed by atoms with Gasteiger partial charge in [-0.1, -0.05) is 0 Å². The van der Waals surface area contributed by atoms with Crippen LogP contribution >= 0.6 is 0 Å².